The number of carbonyl (C=O) groups excluding carboxylic acids is 2. The maximum atomic E-state index is 13.8. The van der Waals surface area contributed by atoms with Gasteiger partial charge in [0.05, 0.1) is 36.5 Å². The summed E-state index contributed by atoms with van der Waals surface area (Å²) >= 11 is 2.24. The summed E-state index contributed by atoms with van der Waals surface area (Å²) in [6, 6.07) is 34.7. The zero-order chi connectivity index (χ0) is 45.5. The van der Waals surface area contributed by atoms with Crippen molar-refractivity contribution in [3.05, 3.63) is 175 Å². The highest BCUT2D eigenvalue weighted by atomic mass is 127. The molecule has 9 rings (SSSR count). The van der Waals surface area contributed by atoms with E-state index in [1.165, 1.54) is 6.07 Å². The summed E-state index contributed by atoms with van der Waals surface area (Å²) in [4.78, 5) is 42.9. The highest BCUT2D eigenvalue weighted by molar-refractivity contribution is 14.1. The number of benzene rings is 4. The third-order valence-corrected chi connectivity index (χ3v) is 12.0. The number of carbonyl (C=O) groups is 2. The lowest BCUT2D eigenvalue weighted by atomic mass is 9.94. The first kappa shape index (κ1) is 44.2. The Kier molecular flexibility index (Phi) is 12.2. The van der Waals surface area contributed by atoms with E-state index in [4.69, 9.17) is 4.74 Å². The lowest BCUT2D eigenvalue weighted by Gasteiger charge is -2.28. The fourth-order valence-electron chi connectivity index (χ4n) is 8.09. The monoisotopic (exact) mass is 973 g/mol. The predicted octanol–water partition coefficient (Wildman–Crippen LogP) is 6.86. The van der Waals surface area contributed by atoms with E-state index in [0.717, 1.165) is 37.3 Å². The topological polar surface area (TPSA) is 168 Å². The van der Waals surface area contributed by atoms with E-state index in [-0.39, 0.29) is 24.0 Å². The largest absolute Gasteiger partial charge is 0.497 e. The maximum Gasteiger partial charge on any atom is 0.277 e. The first-order valence-electron chi connectivity index (χ1n) is 20.8. The Labute approximate surface area is 383 Å². The molecule has 2 aliphatic heterocycles. The molecule has 0 bridgehead atoms. The van der Waals surface area contributed by atoms with Crippen LogP contribution in [0.5, 0.6) is 5.75 Å². The second kappa shape index (κ2) is 17.6. The summed E-state index contributed by atoms with van der Waals surface area (Å²) in [6.45, 7) is 7.66. The first-order valence-corrected chi connectivity index (χ1v) is 21.9. The second-order valence-corrected chi connectivity index (χ2v) is 17.9. The van der Waals surface area contributed by atoms with E-state index in [2.05, 4.69) is 32.8 Å². The van der Waals surface area contributed by atoms with Crippen molar-refractivity contribution >= 4 is 45.8 Å². The van der Waals surface area contributed by atoms with Crippen molar-refractivity contribution in [1.29, 1.82) is 0 Å². The van der Waals surface area contributed by atoms with E-state index in [9.17, 15) is 29.7 Å². The third kappa shape index (κ3) is 8.63. The molecule has 0 atom stereocenters. The van der Waals surface area contributed by atoms with Crippen LogP contribution >= 0.6 is 22.6 Å². The van der Waals surface area contributed by atoms with Crippen molar-refractivity contribution < 1.29 is 29.6 Å². The SMILES string of the molecule is CC(C)(O)c1nn(-c2ccc(CO)cc2)c2c1CCN(c1ccc(I)cc1)C2=O.COc1ccc(-n2nc(C(C)(C)O)c3c2C(=O)N(c2ccc(-n4ccccc4=O)cc2)CC3)cc1. The average molecular weight is 974 g/mol. The summed E-state index contributed by atoms with van der Waals surface area (Å²) in [5.41, 5.74) is 5.46. The summed E-state index contributed by atoms with van der Waals surface area (Å²) in [7, 11) is 1.60. The smallest absolute Gasteiger partial charge is 0.277 e. The molecule has 328 valence electrons. The number of pyridine rings is 1. The lowest BCUT2D eigenvalue weighted by molar-refractivity contribution is 0.0718. The second-order valence-electron chi connectivity index (χ2n) is 16.6. The van der Waals surface area contributed by atoms with Gasteiger partial charge in [0.1, 0.15) is 28.3 Å². The first-order chi connectivity index (χ1) is 30.6. The van der Waals surface area contributed by atoms with E-state index in [0.29, 0.717) is 65.8 Å². The molecule has 0 fully saturated rings. The van der Waals surface area contributed by atoms with Crippen molar-refractivity contribution in [2.75, 3.05) is 30.0 Å². The number of amides is 2. The number of aromatic nitrogens is 5. The number of aliphatic hydroxyl groups is 3. The minimum atomic E-state index is -1.20. The Morgan fingerprint density at radius 1 is 0.609 bits per heavy atom. The quantitative estimate of drug-likeness (QED) is 0.131. The van der Waals surface area contributed by atoms with Gasteiger partial charge >= 0.3 is 0 Å². The number of nitrogens with zero attached hydrogens (tertiary/aromatic N) is 7. The van der Waals surface area contributed by atoms with Crippen molar-refractivity contribution in [2.24, 2.45) is 0 Å². The van der Waals surface area contributed by atoms with Crippen molar-refractivity contribution in [1.82, 2.24) is 24.1 Å². The molecule has 0 unspecified atom stereocenters. The Balaban J connectivity index is 0.000000178. The van der Waals surface area contributed by atoms with Crippen LogP contribution in [0.1, 0.15) is 76.8 Å². The molecule has 0 radical (unpaired) electrons. The molecule has 15 heteroatoms. The van der Waals surface area contributed by atoms with Gasteiger partial charge in [0.2, 0.25) is 0 Å². The fourth-order valence-corrected chi connectivity index (χ4v) is 8.45. The molecule has 14 nitrogen and oxygen atoms in total. The zero-order valence-corrected chi connectivity index (χ0v) is 38.2. The van der Waals surface area contributed by atoms with Gasteiger partial charge in [0.25, 0.3) is 17.4 Å². The molecule has 5 heterocycles. The fraction of sp³-hybridized carbons (Fsp3) is 0.245. The van der Waals surface area contributed by atoms with Gasteiger partial charge in [0, 0.05) is 57.1 Å². The molecular weight excluding hydrogens is 925 g/mol. The Bertz CT molecular complexity index is 2890. The predicted molar refractivity (Wildman–Crippen MR) is 252 cm³/mol. The highest BCUT2D eigenvalue weighted by Gasteiger charge is 2.38. The molecule has 64 heavy (non-hydrogen) atoms. The van der Waals surface area contributed by atoms with Crippen molar-refractivity contribution in [3.8, 4) is 22.8 Å². The van der Waals surface area contributed by atoms with E-state index in [1.807, 2.05) is 84.9 Å². The van der Waals surface area contributed by atoms with Crippen LogP contribution in [0.25, 0.3) is 17.1 Å². The summed E-state index contributed by atoms with van der Waals surface area (Å²) < 4.78 is 11.1. The van der Waals surface area contributed by atoms with E-state index >= 15 is 0 Å². The maximum absolute atomic E-state index is 13.8. The molecule has 2 aliphatic rings. The molecule has 0 aliphatic carbocycles. The number of ether oxygens (including phenoxy) is 1. The van der Waals surface area contributed by atoms with Crippen LogP contribution in [-0.4, -0.2) is 71.5 Å². The molecule has 0 spiro atoms. The van der Waals surface area contributed by atoms with Crippen LogP contribution in [-0.2, 0) is 30.7 Å². The molecule has 0 saturated carbocycles. The zero-order valence-electron chi connectivity index (χ0n) is 36.1. The lowest BCUT2D eigenvalue weighted by Crippen LogP contribution is -2.39. The van der Waals surface area contributed by atoms with Gasteiger partial charge in [-0.3, -0.25) is 19.0 Å². The number of fused-ring (bicyclic) bond motifs is 2. The number of methoxy groups -OCH3 is 1. The van der Waals surface area contributed by atoms with Gasteiger partial charge in [-0.2, -0.15) is 10.2 Å². The van der Waals surface area contributed by atoms with Gasteiger partial charge in [-0.05, 0) is 160 Å². The summed E-state index contributed by atoms with van der Waals surface area (Å²) in [6.07, 6.45) is 2.87. The van der Waals surface area contributed by atoms with Crippen LogP contribution in [0.4, 0.5) is 11.4 Å². The molecule has 0 saturated heterocycles. The normalized spacial score (nSPS) is 13.9. The number of anilines is 2. The molecular formula is C49H48IN7O7. The molecule has 7 aromatic rings. The molecule has 2 amide bonds. The van der Waals surface area contributed by atoms with Crippen LogP contribution in [0.15, 0.2) is 126 Å². The molecule has 3 N–H and O–H groups in total. The van der Waals surface area contributed by atoms with Crippen LogP contribution < -0.4 is 20.1 Å². The van der Waals surface area contributed by atoms with Gasteiger partial charge in [-0.15, -0.1) is 0 Å². The van der Waals surface area contributed by atoms with Crippen LogP contribution in [0.3, 0.4) is 0 Å². The molecule has 3 aromatic heterocycles. The number of halogens is 1. The standard InChI is InChI=1S/C27H26N4O4.C22H22IN3O3/c1-27(2,34)25-22-15-17-30(19-9-7-18(8-10-19)29-16-5-4-6-23(29)32)26(33)24(22)31(28-25)20-11-13-21(35-3)14-12-20;1-22(2,29)20-18-11-12-25(16-9-5-15(23)6-10-16)21(28)19(18)26(24-20)17-7-3-14(13-27)4-8-17/h4-14,16,34H,15,17H2,1-3H3;3-10,27,29H,11-13H2,1-2H3. The van der Waals surface area contributed by atoms with Crippen LogP contribution in [0, 0.1) is 3.57 Å². The Morgan fingerprint density at radius 2 is 1.05 bits per heavy atom. The Morgan fingerprint density at radius 3 is 1.48 bits per heavy atom. The van der Waals surface area contributed by atoms with E-state index in [1.54, 1.807) is 89.0 Å². The van der Waals surface area contributed by atoms with Gasteiger partial charge in [-0.1, -0.05) is 18.2 Å². The van der Waals surface area contributed by atoms with Crippen molar-refractivity contribution in [3.63, 3.8) is 0 Å². The molecule has 4 aromatic carbocycles. The van der Waals surface area contributed by atoms with Crippen molar-refractivity contribution in [2.45, 2.75) is 58.3 Å². The average Bonchev–Trinajstić information content (AvgIpc) is 3.90. The summed E-state index contributed by atoms with van der Waals surface area (Å²) in [5, 5.41) is 40.0. The van der Waals surface area contributed by atoms with Gasteiger partial charge in [0.15, 0.2) is 0 Å². The highest BCUT2D eigenvalue weighted by Crippen LogP contribution is 2.35. The van der Waals surface area contributed by atoms with Crippen LogP contribution in [0.2, 0.25) is 0 Å². The summed E-state index contributed by atoms with van der Waals surface area (Å²) in [5.74, 6) is 0.361. The third-order valence-electron chi connectivity index (χ3n) is 11.3. The van der Waals surface area contributed by atoms with Gasteiger partial charge in [-0.25, -0.2) is 9.36 Å². The minimum absolute atomic E-state index is 0.0497. The number of rotatable bonds is 9. The van der Waals surface area contributed by atoms with Gasteiger partial charge < -0.3 is 29.9 Å². The number of hydrogen-bond acceptors (Lipinski definition) is 9. The minimum Gasteiger partial charge on any atom is -0.497 e. The van der Waals surface area contributed by atoms with E-state index < -0.39 is 11.2 Å². The Hall–Kier alpha value is -6.40. The number of hydrogen-bond donors (Lipinski definition) is 3. The number of aliphatic hydroxyl groups excluding tert-OH is 1.